The molecule has 0 aromatic carbocycles. The van der Waals surface area contributed by atoms with E-state index in [1.54, 1.807) is 0 Å². The van der Waals surface area contributed by atoms with Crippen LogP contribution < -0.4 is 0 Å². The highest BCUT2D eigenvalue weighted by atomic mass is 19.3. The van der Waals surface area contributed by atoms with E-state index < -0.39 is 60.7 Å². The summed E-state index contributed by atoms with van der Waals surface area (Å²) in [7, 11) is 0. The minimum atomic E-state index is -4.68. The normalized spacial score (nSPS) is 15.6. The van der Waals surface area contributed by atoms with Crippen molar-refractivity contribution in [3.8, 4) is 0 Å². The number of carbonyl (C=O) groups is 2. The van der Waals surface area contributed by atoms with Crippen LogP contribution >= 0.6 is 0 Å². The van der Waals surface area contributed by atoms with Crippen molar-refractivity contribution in [3.05, 3.63) is 12.2 Å². The Bertz CT molecular complexity index is 513. The van der Waals surface area contributed by atoms with E-state index >= 15 is 0 Å². The summed E-state index contributed by atoms with van der Waals surface area (Å²) in [6.07, 6.45) is -13.0. The third kappa shape index (κ3) is 6.93. The van der Waals surface area contributed by atoms with E-state index in [4.69, 9.17) is 0 Å². The molecule has 0 heterocycles. The monoisotopic (exact) mass is 428 g/mol. The first kappa shape index (κ1) is 26.1. The van der Waals surface area contributed by atoms with E-state index in [0.717, 1.165) is 27.7 Å². The first-order valence-electron chi connectivity index (χ1n) is 7.96. The lowest BCUT2D eigenvalue weighted by Gasteiger charge is -2.28. The summed E-state index contributed by atoms with van der Waals surface area (Å²) in [5, 5.41) is 0. The second kappa shape index (κ2) is 10.1. The van der Waals surface area contributed by atoms with Gasteiger partial charge in [-0.2, -0.15) is 17.6 Å². The van der Waals surface area contributed by atoms with Gasteiger partial charge in [-0.25, -0.2) is 27.2 Å². The maximum Gasteiger partial charge on any atom is 0.343 e. The third-order valence-corrected chi connectivity index (χ3v) is 3.39. The third-order valence-electron chi connectivity index (χ3n) is 3.39. The van der Waals surface area contributed by atoms with Crippen LogP contribution in [0, 0.1) is 11.8 Å². The van der Waals surface area contributed by atoms with Gasteiger partial charge in [-0.15, -0.1) is 0 Å². The van der Waals surface area contributed by atoms with Gasteiger partial charge in [0.2, 0.25) is 0 Å². The van der Waals surface area contributed by atoms with Crippen molar-refractivity contribution in [2.24, 2.45) is 11.8 Å². The van der Waals surface area contributed by atoms with Crippen LogP contribution in [0.4, 0.5) is 35.1 Å². The van der Waals surface area contributed by atoms with Crippen LogP contribution in [-0.4, -0.2) is 48.8 Å². The molecular weight excluding hydrogens is 408 g/mol. The molecule has 2 unspecified atom stereocenters. The number of ether oxygens (including phenoxy) is 2. The average molecular weight is 428 g/mol. The Kier molecular flexibility index (Phi) is 9.38. The Hall–Kier alpha value is -1.88. The smallest absolute Gasteiger partial charge is 0.343 e. The molecule has 4 nitrogen and oxygen atoms in total. The minimum Gasteiger partial charge on any atom is -0.452 e. The molecule has 164 valence electrons. The zero-order valence-electron chi connectivity index (χ0n) is 15.3. The fraction of sp³-hybridized carbons (Fsp3) is 0.750. The molecule has 12 heteroatoms. The van der Waals surface area contributed by atoms with Gasteiger partial charge in [0, 0.05) is 12.2 Å². The predicted molar refractivity (Wildman–Crippen MR) is 80.5 cm³/mol. The highest BCUT2D eigenvalue weighted by Crippen LogP contribution is 2.34. The van der Waals surface area contributed by atoms with Gasteiger partial charge >= 0.3 is 36.6 Å². The van der Waals surface area contributed by atoms with E-state index in [9.17, 15) is 44.7 Å². The molecule has 0 aliphatic carbocycles. The molecular formula is C16H20F8O4. The van der Waals surface area contributed by atoms with E-state index in [2.05, 4.69) is 9.47 Å². The summed E-state index contributed by atoms with van der Waals surface area (Å²) < 4.78 is 112. The fourth-order valence-corrected chi connectivity index (χ4v) is 2.03. The first-order chi connectivity index (χ1) is 12.5. The summed E-state index contributed by atoms with van der Waals surface area (Å²) in [5.41, 5.74) is 0. The number of alkyl halides is 8. The van der Waals surface area contributed by atoms with Gasteiger partial charge in [-0.1, -0.05) is 27.7 Å². The zero-order chi connectivity index (χ0) is 22.4. The largest absolute Gasteiger partial charge is 0.452 e. The molecule has 28 heavy (non-hydrogen) atoms. The molecule has 0 radical (unpaired) electrons. The van der Waals surface area contributed by atoms with Gasteiger partial charge in [0.05, 0.1) is 0 Å². The molecule has 0 N–H and O–H groups in total. The van der Waals surface area contributed by atoms with E-state index in [1.807, 2.05) is 0 Å². The molecule has 0 rings (SSSR count). The quantitative estimate of drug-likeness (QED) is 0.293. The molecule has 0 bridgehead atoms. The van der Waals surface area contributed by atoms with Crippen LogP contribution in [0.3, 0.4) is 0 Å². The number of hydrogen-bond acceptors (Lipinski definition) is 4. The maximum absolute atomic E-state index is 13.4. The lowest BCUT2D eigenvalue weighted by atomic mass is 10.0. The predicted octanol–water partition coefficient (Wildman–Crippen LogP) is 4.48. The lowest BCUT2D eigenvalue weighted by molar-refractivity contribution is -0.217. The fourth-order valence-electron chi connectivity index (χ4n) is 2.03. The molecule has 0 aliphatic heterocycles. The molecule has 0 saturated heterocycles. The SMILES string of the molecule is CC(C)C(OC(=O)/C=C/C(=O)OC(C(C)C)C(F)(F)C(F)F)C(F)(F)C(F)F. The number of esters is 2. The summed E-state index contributed by atoms with van der Waals surface area (Å²) in [4.78, 5) is 23.0. The van der Waals surface area contributed by atoms with Crippen LogP contribution in [0.1, 0.15) is 27.7 Å². The molecule has 2 atom stereocenters. The minimum absolute atomic E-state index is 0.178. The second-order valence-electron chi connectivity index (χ2n) is 6.49. The summed E-state index contributed by atoms with van der Waals surface area (Å²) in [5.74, 6) is -15.1. The highest BCUT2D eigenvalue weighted by Gasteiger charge is 2.53. The number of halogens is 8. The van der Waals surface area contributed by atoms with E-state index in [0.29, 0.717) is 0 Å². The van der Waals surface area contributed by atoms with Crippen molar-refractivity contribution in [3.63, 3.8) is 0 Å². The Morgan fingerprint density at radius 3 is 1.11 bits per heavy atom. The van der Waals surface area contributed by atoms with Gasteiger partial charge in [-0.3, -0.25) is 0 Å². The van der Waals surface area contributed by atoms with Crippen LogP contribution in [0.25, 0.3) is 0 Å². The van der Waals surface area contributed by atoms with Gasteiger partial charge < -0.3 is 9.47 Å². The van der Waals surface area contributed by atoms with Crippen molar-refractivity contribution in [1.82, 2.24) is 0 Å². The molecule has 0 spiro atoms. The maximum atomic E-state index is 13.4. The van der Waals surface area contributed by atoms with Crippen LogP contribution in [0.2, 0.25) is 0 Å². The van der Waals surface area contributed by atoms with Crippen molar-refractivity contribution in [2.45, 2.75) is 64.6 Å². The summed E-state index contributed by atoms with van der Waals surface area (Å²) in [6, 6.07) is 0. The standard InChI is InChI=1S/C16H20F8O4/c1-7(2)11(15(21,22)13(17)18)27-9(25)5-6-10(26)28-12(8(3)4)16(23,24)14(19)20/h5-8,11-14H,1-4H3/b6-5+. The van der Waals surface area contributed by atoms with E-state index in [-0.39, 0.29) is 12.2 Å². The second-order valence-corrected chi connectivity index (χ2v) is 6.49. The highest BCUT2D eigenvalue weighted by molar-refractivity contribution is 5.91. The van der Waals surface area contributed by atoms with Crippen molar-refractivity contribution in [1.29, 1.82) is 0 Å². The van der Waals surface area contributed by atoms with Crippen LogP contribution in [-0.2, 0) is 19.1 Å². The number of rotatable bonds is 10. The Balaban J connectivity index is 5.16. The summed E-state index contributed by atoms with van der Waals surface area (Å²) in [6.45, 7) is 4.30. The average Bonchev–Trinajstić information content (AvgIpc) is 2.54. The first-order valence-corrected chi connectivity index (χ1v) is 7.96. The van der Waals surface area contributed by atoms with E-state index in [1.165, 1.54) is 0 Å². The van der Waals surface area contributed by atoms with Gasteiger partial charge in [0.1, 0.15) is 0 Å². The lowest BCUT2D eigenvalue weighted by Crippen LogP contribution is -2.46. The van der Waals surface area contributed by atoms with Crippen molar-refractivity contribution >= 4 is 11.9 Å². The molecule has 0 aromatic rings. The van der Waals surface area contributed by atoms with Crippen LogP contribution in [0.15, 0.2) is 12.2 Å². The Morgan fingerprint density at radius 1 is 0.679 bits per heavy atom. The number of carbonyl (C=O) groups excluding carboxylic acids is 2. The van der Waals surface area contributed by atoms with Gasteiger partial charge in [0.25, 0.3) is 0 Å². The molecule has 0 fully saturated rings. The zero-order valence-corrected chi connectivity index (χ0v) is 15.3. The Labute approximate surface area is 155 Å². The van der Waals surface area contributed by atoms with Crippen LogP contribution in [0.5, 0.6) is 0 Å². The molecule has 0 aromatic heterocycles. The van der Waals surface area contributed by atoms with Gasteiger partial charge in [-0.05, 0) is 11.8 Å². The topological polar surface area (TPSA) is 52.6 Å². The number of hydrogen-bond donors (Lipinski definition) is 0. The van der Waals surface area contributed by atoms with Crippen molar-refractivity contribution < 1.29 is 54.2 Å². The Morgan fingerprint density at radius 2 is 0.929 bits per heavy atom. The summed E-state index contributed by atoms with van der Waals surface area (Å²) >= 11 is 0. The molecule has 0 aliphatic rings. The molecule has 0 amide bonds. The molecule has 0 saturated carbocycles. The van der Waals surface area contributed by atoms with Gasteiger partial charge in [0.15, 0.2) is 12.2 Å². The van der Waals surface area contributed by atoms with Crippen molar-refractivity contribution in [2.75, 3.05) is 0 Å².